The molecule has 0 spiro atoms. The zero-order valence-corrected chi connectivity index (χ0v) is 17.4. The highest BCUT2D eigenvalue weighted by molar-refractivity contribution is 7.90. The number of hydrogen-bond donors (Lipinski definition) is 0. The number of hydrogen-bond acceptors (Lipinski definition) is 4. The molecule has 1 aromatic rings. The number of benzene rings is 1. The largest absolute Gasteiger partial charge is 0.369 e. The molecular formula is C21H32N2O3S. The van der Waals surface area contributed by atoms with Gasteiger partial charge in [-0.3, -0.25) is 4.79 Å². The summed E-state index contributed by atoms with van der Waals surface area (Å²) in [7, 11) is -3.01. The maximum Gasteiger partial charge on any atom is 0.227 e. The Balaban J connectivity index is 1.73. The molecule has 1 atom stereocenters. The van der Waals surface area contributed by atoms with Gasteiger partial charge in [0, 0.05) is 43.2 Å². The van der Waals surface area contributed by atoms with Crippen LogP contribution in [-0.2, 0) is 21.1 Å². The number of carbonyl (C=O) groups excluding carboxylic acids is 1. The van der Waals surface area contributed by atoms with Gasteiger partial charge in [0.2, 0.25) is 5.91 Å². The number of amides is 1. The first-order valence-corrected chi connectivity index (χ1v) is 12.3. The van der Waals surface area contributed by atoms with Gasteiger partial charge in [0.05, 0.1) is 5.75 Å². The molecule has 2 heterocycles. The van der Waals surface area contributed by atoms with E-state index in [1.54, 1.807) is 0 Å². The number of anilines is 2. The van der Waals surface area contributed by atoms with Crippen molar-refractivity contribution in [2.45, 2.75) is 64.3 Å². The Kier molecular flexibility index (Phi) is 6.45. The zero-order valence-electron chi connectivity index (χ0n) is 16.6. The van der Waals surface area contributed by atoms with Gasteiger partial charge in [-0.2, -0.15) is 0 Å². The molecule has 0 saturated carbocycles. The molecule has 1 amide bonds. The average Bonchev–Trinajstić information content (AvgIpc) is 2.66. The SMILES string of the molecule is CCC1CCCCN1c1ccc2c(c1)CCCN2C(=O)CCCS(C)(=O)=O. The van der Waals surface area contributed by atoms with Gasteiger partial charge in [-0.15, -0.1) is 0 Å². The van der Waals surface area contributed by atoms with Crippen LogP contribution in [0.3, 0.4) is 0 Å². The fourth-order valence-electron chi connectivity index (χ4n) is 4.41. The van der Waals surface area contributed by atoms with Crippen LogP contribution < -0.4 is 9.80 Å². The smallest absolute Gasteiger partial charge is 0.227 e. The van der Waals surface area contributed by atoms with Gasteiger partial charge in [-0.1, -0.05) is 6.92 Å². The summed E-state index contributed by atoms with van der Waals surface area (Å²) < 4.78 is 22.6. The van der Waals surface area contributed by atoms with Crippen LogP contribution in [0.5, 0.6) is 0 Å². The third-order valence-corrected chi connectivity index (χ3v) is 6.85. The van der Waals surface area contributed by atoms with Gasteiger partial charge in [0.1, 0.15) is 9.84 Å². The molecule has 0 bridgehead atoms. The van der Waals surface area contributed by atoms with E-state index in [0.717, 1.165) is 31.6 Å². The molecule has 0 aromatic heterocycles. The second-order valence-electron chi connectivity index (χ2n) is 7.95. The van der Waals surface area contributed by atoms with Crippen LogP contribution in [0.15, 0.2) is 18.2 Å². The Labute approximate surface area is 163 Å². The first-order valence-electron chi connectivity index (χ1n) is 10.3. The highest BCUT2D eigenvalue weighted by Crippen LogP contribution is 2.34. The third-order valence-electron chi connectivity index (χ3n) is 5.82. The molecule has 0 N–H and O–H groups in total. The van der Waals surface area contributed by atoms with Gasteiger partial charge in [-0.25, -0.2) is 8.42 Å². The van der Waals surface area contributed by atoms with Crippen molar-refractivity contribution < 1.29 is 13.2 Å². The van der Waals surface area contributed by atoms with Crippen LogP contribution in [-0.4, -0.2) is 45.5 Å². The Morgan fingerprint density at radius 2 is 2.00 bits per heavy atom. The van der Waals surface area contributed by atoms with Crippen LogP contribution in [0, 0.1) is 0 Å². The maximum absolute atomic E-state index is 12.7. The molecule has 27 heavy (non-hydrogen) atoms. The molecule has 5 nitrogen and oxygen atoms in total. The van der Waals surface area contributed by atoms with E-state index < -0.39 is 9.84 Å². The highest BCUT2D eigenvalue weighted by Gasteiger charge is 2.25. The van der Waals surface area contributed by atoms with Crippen molar-refractivity contribution in [2.75, 3.05) is 34.9 Å². The van der Waals surface area contributed by atoms with Crippen LogP contribution in [0.1, 0.15) is 57.4 Å². The first kappa shape index (κ1) is 20.2. The zero-order chi connectivity index (χ0) is 19.4. The Morgan fingerprint density at radius 3 is 2.74 bits per heavy atom. The summed E-state index contributed by atoms with van der Waals surface area (Å²) in [6, 6.07) is 7.16. The molecule has 150 valence electrons. The number of nitrogens with zero attached hydrogens (tertiary/aromatic N) is 2. The minimum Gasteiger partial charge on any atom is -0.369 e. The summed E-state index contributed by atoms with van der Waals surface area (Å²) in [5, 5.41) is 0. The number of aryl methyl sites for hydroxylation is 1. The van der Waals surface area contributed by atoms with E-state index in [1.165, 1.54) is 43.2 Å². The second-order valence-corrected chi connectivity index (χ2v) is 10.2. The predicted molar refractivity (Wildman–Crippen MR) is 111 cm³/mol. The number of fused-ring (bicyclic) bond motifs is 1. The standard InChI is InChI=1S/C21H32N2O3S/c1-3-18-9-4-5-13-22(18)19-11-12-20-17(16-19)8-6-14-23(20)21(24)10-7-15-27(2,25)26/h11-12,16,18H,3-10,13-15H2,1-2H3. The first-order chi connectivity index (χ1) is 12.9. The number of carbonyl (C=O) groups is 1. The minimum atomic E-state index is -3.01. The molecule has 0 radical (unpaired) electrons. The Bertz CT molecular complexity index is 776. The van der Waals surface area contributed by atoms with Crippen LogP contribution in [0.25, 0.3) is 0 Å². The van der Waals surface area contributed by atoms with E-state index >= 15 is 0 Å². The number of piperidine rings is 1. The van der Waals surface area contributed by atoms with Crippen molar-refractivity contribution in [1.82, 2.24) is 0 Å². The van der Waals surface area contributed by atoms with Crippen LogP contribution >= 0.6 is 0 Å². The molecule has 0 aliphatic carbocycles. The van der Waals surface area contributed by atoms with Crippen molar-refractivity contribution in [3.05, 3.63) is 23.8 Å². The van der Waals surface area contributed by atoms with E-state index in [9.17, 15) is 13.2 Å². The summed E-state index contributed by atoms with van der Waals surface area (Å²) in [6.45, 7) is 4.11. The molecule has 1 saturated heterocycles. The molecule has 1 aromatic carbocycles. The molecule has 1 fully saturated rings. The third kappa shape index (κ3) is 5.03. The van der Waals surface area contributed by atoms with E-state index in [2.05, 4.69) is 30.0 Å². The van der Waals surface area contributed by atoms with Crippen molar-refractivity contribution in [1.29, 1.82) is 0 Å². The fourth-order valence-corrected chi connectivity index (χ4v) is 5.08. The topological polar surface area (TPSA) is 57.7 Å². The Morgan fingerprint density at radius 1 is 1.19 bits per heavy atom. The maximum atomic E-state index is 12.7. The lowest BCUT2D eigenvalue weighted by atomic mass is 9.96. The van der Waals surface area contributed by atoms with Crippen LogP contribution in [0.2, 0.25) is 0 Å². The highest BCUT2D eigenvalue weighted by atomic mass is 32.2. The van der Waals surface area contributed by atoms with Crippen LogP contribution in [0.4, 0.5) is 11.4 Å². The lowest BCUT2D eigenvalue weighted by Crippen LogP contribution is -2.39. The van der Waals surface area contributed by atoms with Gasteiger partial charge in [0.15, 0.2) is 0 Å². The van der Waals surface area contributed by atoms with E-state index in [0.29, 0.717) is 12.5 Å². The summed E-state index contributed by atoms with van der Waals surface area (Å²) in [4.78, 5) is 17.1. The van der Waals surface area contributed by atoms with E-state index in [4.69, 9.17) is 0 Å². The quantitative estimate of drug-likeness (QED) is 0.743. The lowest BCUT2D eigenvalue weighted by Gasteiger charge is -2.38. The molecule has 3 rings (SSSR count). The van der Waals surface area contributed by atoms with E-state index in [-0.39, 0.29) is 18.1 Å². The molecule has 6 heteroatoms. The van der Waals surface area contributed by atoms with Crippen molar-refractivity contribution in [3.8, 4) is 0 Å². The van der Waals surface area contributed by atoms with Crippen molar-refractivity contribution in [2.24, 2.45) is 0 Å². The second kappa shape index (κ2) is 8.63. The van der Waals surface area contributed by atoms with Gasteiger partial charge in [-0.05, 0) is 68.7 Å². The number of rotatable bonds is 6. The normalized spacial score (nSPS) is 20.4. The Hall–Kier alpha value is -1.56. The van der Waals surface area contributed by atoms with Gasteiger partial charge in [0.25, 0.3) is 0 Å². The summed E-state index contributed by atoms with van der Waals surface area (Å²) in [5.41, 5.74) is 3.54. The molecule has 2 aliphatic rings. The monoisotopic (exact) mass is 392 g/mol. The molecule has 2 aliphatic heterocycles. The van der Waals surface area contributed by atoms with E-state index in [1.807, 2.05) is 4.90 Å². The predicted octanol–water partition coefficient (Wildman–Crippen LogP) is 3.56. The fraction of sp³-hybridized carbons (Fsp3) is 0.667. The average molecular weight is 393 g/mol. The van der Waals surface area contributed by atoms with Crippen molar-refractivity contribution in [3.63, 3.8) is 0 Å². The lowest BCUT2D eigenvalue weighted by molar-refractivity contribution is -0.118. The summed E-state index contributed by atoms with van der Waals surface area (Å²) in [6.07, 6.45) is 8.87. The summed E-state index contributed by atoms with van der Waals surface area (Å²) in [5.74, 6) is 0.114. The van der Waals surface area contributed by atoms with Crippen molar-refractivity contribution >= 4 is 27.1 Å². The molecular weight excluding hydrogens is 360 g/mol. The van der Waals surface area contributed by atoms with Gasteiger partial charge >= 0.3 is 0 Å². The summed E-state index contributed by atoms with van der Waals surface area (Å²) >= 11 is 0. The number of sulfone groups is 1. The minimum absolute atomic E-state index is 0.0387. The van der Waals surface area contributed by atoms with Gasteiger partial charge < -0.3 is 9.80 Å². The molecule has 1 unspecified atom stereocenters.